The van der Waals surface area contributed by atoms with Crippen LogP contribution in [0.5, 0.6) is 17.2 Å². The topological polar surface area (TPSA) is 27.7 Å². The standard InChI is InChI=1S/C52H63O3P/c1-48(2,3)40-24-21-36-32-46(43(51(10,11)12)30-38(36)27-40)54-56(53-45-26-23-35(29-42(45)50(7,8)9)34-19-17-16-18-20-34)55-47-33-37-22-25-41(49(4,5)6)28-39(37)31-44(47)52(13,14)15/h16-33H,1-15H3. The second-order valence-corrected chi connectivity index (χ2v) is 21.6. The van der Waals surface area contributed by atoms with Crippen LogP contribution in [0.4, 0.5) is 0 Å². The monoisotopic (exact) mass is 766 g/mol. The molecule has 0 aliphatic rings. The molecule has 3 nitrogen and oxygen atoms in total. The van der Waals surface area contributed by atoms with Gasteiger partial charge in [-0.1, -0.05) is 177 Å². The van der Waals surface area contributed by atoms with Crippen LogP contribution in [0.1, 0.15) is 132 Å². The molecule has 0 amide bonds. The first-order valence-electron chi connectivity index (χ1n) is 20.1. The molecule has 0 radical (unpaired) electrons. The zero-order valence-corrected chi connectivity index (χ0v) is 37.5. The van der Waals surface area contributed by atoms with Crippen LogP contribution in [0.3, 0.4) is 0 Å². The van der Waals surface area contributed by atoms with Crippen molar-refractivity contribution in [2.24, 2.45) is 0 Å². The first kappa shape index (κ1) is 41.3. The maximum Gasteiger partial charge on any atom is 0.530 e. The van der Waals surface area contributed by atoms with Crippen molar-refractivity contribution in [3.8, 4) is 28.4 Å². The van der Waals surface area contributed by atoms with E-state index in [9.17, 15) is 0 Å². The van der Waals surface area contributed by atoms with E-state index in [1.807, 2.05) is 0 Å². The van der Waals surface area contributed by atoms with Crippen molar-refractivity contribution in [1.29, 1.82) is 0 Å². The number of hydrogen-bond donors (Lipinski definition) is 0. The van der Waals surface area contributed by atoms with Crippen LogP contribution >= 0.6 is 8.60 Å². The molecule has 0 saturated heterocycles. The van der Waals surface area contributed by atoms with Crippen molar-refractivity contribution in [2.75, 3.05) is 0 Å². The first-order valence-corrected chi connectivity index (χ1v) is 21.2. The molecule has 6 rings (SSSR count). The van der Waals surface area contributed by atoms with Gasteiger partial charge in [0.05, 0.1) is 0 Å². The lowest BCUT2D eigenvalue weighted by Crippen LogP contribution is -2.17. The summed E-state index contributed by atoms with van der Waals surface area (Å²) in [5.41, 5.74) is 7.69. The Morgan fingerprint density at radius 2 is 0.732 bits per heavy atom. The van der Waals surface area contributed by atoms with Crippen molar-refractivity contribution < 1.29 is 13.6 Å². The minimum atomic E-state index is -2.00. The fraction of sp³-hybridized carbons (Fsp3) is 0.385. The second-order valence-electron chi connectivity index (χ2n) is 20.6. The van der Waals surface area contributed by atoms with Crippen molar-refractivity contribution in [3.63, 3.8) is 0 Å². The molecular formula is C52H63O3P. The first-order chi connectivity index (χ1) is 25.9. The highest BCUT2D eigenvalue weighted by Crippen LogP contribution is 2.51. The lowest BCUT2D eigenvalue weighted by Gasteiger charge is -2.29. The van der Waals surface area contributed by atoms with Crippen LogP contribution in [0, 0.1) is 0 Å². The molecule has 4 heteroatoms. The molecular weight excluding hydrogens is 704 g/mol. The molecule has 0 aromatic heterocycles. The SMILES string of the molecule is CC(C)(C)c1ccc2cc(OP(Oc3ccc(-c4ccccc4)cc3C(C)(C)C)Oc3cc4ccc(C(C)(C)C)cc4cc3C(C)(C)C)c(C(C)(C)C)cc2c1. The highest BCUT2D eigenvalue weighted by molar-refractivity contribution is 7.43. The van der Waals surface area contributed by atoms with E-state index in [2.05, 4.69) is 213 Å². The predicted octanol–water partition coefficient (Wildman–Crippen LogP) is 15.9. The summed E-state index contributed by atoms with van der Waals surface area (Å²) in [5.74, 6) is 2.29. The van der Waals surface area contributed by atoms with E-state index in [-0.39, 0.29) is 27.1 Å². The summed E-state index contributed by atoms with van der Waals surface area (Å²) in [4.78, 5) is 0. The zero-order valence-electron chi connectivity index (χ0n) is 36.6. The highest BCUT2D eigenvalue weighted by Gasteiger charge is 2.32. The van der Waals surface area contributed by atoms with Crippen molar-refractivity contribution in [2.45, 2.75) is 131 Å². The average Bonchev–Trinajstić information content (AvgIpc) is 3.09. The van der Waals surface area contributed by atoms with Crippen LogP contribution in [-0.4, -0.2) is 0 Å². The Hall–Kier alpha value is -4.33. The van der Waals surface area contributed by atoms with Crippen LogP contribution in [-0.2, 0) is 27.1 Å². The largest absolute Gasteiger partial charge is 0.530 e. The van der Waals surface area contributed by atoms with E-state index in [1.165, 1.54) is 27.5 Å². The molecule has 6 aromatic carbocycles. The van der Waals surface area contributed by atoms with Crippen molar-refractivity contribution in [1.82, 2.24) is 0 Å². The van der Waals surface area contributed by atoms with Gasteiger partial charge in [-0.3, -0.25) is 0 Å². The summed E-state index contributed by atoms with van der Waals surface area (Å²) in [6.45, 7) is 33.7. The fourth-order valence-corrected chi connectivity index (χ4v) is 8.17. The van der Waals surface area contributed by atoms with Gasteiger partial charge >= 0.3 is 8.60 Å². The van der Waals surface area contributed by atoms with Gasteiger partial charge in [0.25, 0.3) is 0 Å². The molecule has 294 valence electrons. The zero-order chi connectivity index (χ0) is 41.0. The molecule has 0 N–H and O–H groups in total. The van der Waals surface area contributed by atoms with Gasteiger partial charge in [0.1, 0.15) is 17.2 Å². The molecule has 56 heavy (non-hydrogen) atoms. The molecule has 0 bridgehead atoms. The van der Waals surface area contributed by atoms with Crippen LogP contribution < -0.4 is 13.6 Å². The van der Waals surface area contributed by atoms with Crippen LogP contribution in [0.2, 0.25) is 0 Å². The Kier molecular flexibility index (Phi) is 11.0. The average molecular weight is 767 g/mol. The van der Waals surface area contributed by atoms with Crippen molar-refractivity contribution in [3.05, 3.63) is 137 Å². The van der Waals surface area contributed by atoms with Gasteiger partial charge in [-0.25, -0.2) is 0 Å². The van der Waals surface area contributed by atoms with E-state index >= 15 is 0 Å². The van der Waals surface area contributed by atoms with Gasteiger partial charge in [-0.05, 0) is 107 Å². The van der Waals surface area contributed by atoms with Gasteiger partial charge in [0.15, 0.2) is 0 Å². The van der Waals surface area contributed by atoms with E-state index in [0.717, 1.165) is 50.3 Å². The number of fused-ring (bicyclic) bond motifs is 2. The number of hydrogen-bond acceptors (Lipinski definition) is 3. The van der Waals surface area contributed by atoms with Crippen LogP contribution in [0.15, 0.2) is 109 Å². The summed E-state index contributed by atoms with van der Waals surface area (Å²) in [5, 5.41) is 4.64. The molecule has 6 aromatic rings. The second kappa shape index (κ2) is 14.9. The maximum absolute atomic E-state index is 7.13. The van der Waals surface area contributed by atoms with Gasteiger partial charge < -0.3 is 13.6 Å². The minimum Gasteiger partial charge on any atom is -0.408 e. The minimum absolute atomic E-state index is 0.0427. The Labute approximate surface area is 338 Å². The molecule has 0 aliphatic heterocycles. The fourth-order valence-electron chi connectivity index (χ4n) is 7.11. The smallest absolute Gasteiger partial charge is 0.408 e. The number of benzene rings is 6. The quantitative estimate of drug-likeness (QED) is 0.151. The predicted molar refractivity (Wildman–Crippen MR) is 242 cm³/mol. The molecule has 0 heterocycles. The van der Waals surface area contributed by atoms with E-state index in [1.54, 1.807) is 0 Å². The van der Waals surface area contributed by atoms with Crippen LogP contribution in [0.25, 0.3) is 32.7 Å². The summed E-state index contributed by atoms with van der Waals surface area (Å²) in [6.07, 6.45) is 0. The van der Waals surface area contributed by atoms with Gasteiger partial charge in [-0.2, -0.15) is 0 Å². The van der Waals surface area contributed by atoms with E-state index in [4.69, 9.17) is 13.6 Å². The number of rotatable bonds is 7. The molecule has 0 atom stereocenters. The summed E-state index contributed by atoms with van der Waals surface area (Å²) in [7, 11) is -2.00. The normalized spacial score (nSPS) is 13.1. The van der Waals surface area contributed by atoms with Gasteiger partial charge in [0.2, 0.25) is 0 Å². The Balaban J connectivity index is 1.52. The van der Waals surface area contributed by atoms with E-state index in [0.29, 0.717) is 0 Å². The Morgan fingerprint density at radius 3 is 1.14 bits per heavy atom. The Bertz CT molecular complexity index is 2240. The third-order valence-corrected chi connectivity index (χ3v) is 11.7. The highest BCUT2D eigenvalue weighted by atomic mass is 31.2. The summed E-state index contributed by atoms with van der Waals surface area (Å²) in [6, 6.07) is 39.5. The summed E-state index contributed by atoms with van der Waals surface area (Å²) < 4.78 is 21.3. The third kappa shape index (κ3) is 9.27. The molecule has 0 spiro atoms. The maximum atomic E-state index is 7.13. The molecule has 0 unspecified atom stereocenters. The van der Waals surface area contributed by atoms with E-state index < -0.39 is 8.60 Å². The molecule has 0 aliphatic carbocycles. The molecule has 0 saturated carbocycles. The lowest BCUT2D eigenvalue weighted by molar-refractivity contribution is 0.373. The summed E-state index contributed by atoms with van der Waals surface area (Å²) >= 11 is 0. The van der Waals surface area contributed by atoms with Gasteiger partial charge in [-0.15, -0.1) is 0 Å². The third-order valence-electron chi connectivity index (χ3n) is 10.6. The molecule has 0 fully saturated rings. The Morgan fingerprint density at radius 1 is 0.321 bits per heavy atom. The van der Waals surface area contributed by atoms with Gasteiger partial charge in [0, 0.05) is 16.7 Å². The van der Waals surface area contributed by atoms with Crippen molar-refractivity contribution >= 4 is 30.1 Å². The lowest BCUT2D eigenvalue weighted by atomic mass is 9.83.